The zero-order valence-corrected chi connectivity index (χ0v) is 14.4. The highest BCUT2D eigenvalue weighted by Gasteiger charge is 2.24. The first-order chi connectivity index (χ1) is 11.0. The number of aryl methyl sites for hydroxylation is 2. The number of thiophene rings is 1. The second kappa shape index (κ2) is 8.12. The first kappa shape index (κ1) is 17.5. The van der Waals surface area contributed by atoms with Crippen molar-refractivity contribution < 1.29 is 9.90 Å². The Morgan fingerprint density at radius 3 is 2.91 bits per heavy atom. The molecule has 0 spiro atoms. The van der Waals surface area contributed by atoms with Crippen molar-refractivity contribution in [1.29, 1.82) is 0 Å². The fourth-order valence-corrected chi connectivity index (χ4v) is 3.02. The SMILES string of the molecule is Cc1nccn1CCCCNC(=O)NCC(C)(O)c1cccs1. The van der Waals surface area contributed by atoms with Gasteiger partial charge in [-0.05, 0) is 38.1 Å². The molecule has 2 rings (SSSR count). The molecule has 2 aromatic heterocycles. The molecule has 0 radical (unpaired) electrons. The number of urea groups is 1. The number of hydrogen-bond donors (Lipinski definition) is 3. The number of nitrogens with one attached hydrogen (secondary N) is 2. The number of rotatable bonds is 8. The van der Waals surface area contributed by atoms with E-state index in [1.807, 2.05) is 30.6 Å². The van der Waals surface area contributed by atoms with Gasteiger partial charge in [-0.15, -0.1) is 11.3 Å². The van der Waals surface area contributed by atoms with Crippen LogP contribution in [0.3, 0.4) is 0 Å². The number of carbonyl (C=O) groups excluding carboxylic acids is 1. The van der Waals surface area contributed by atoms with Crippen LogP contribution < -0.4 is 10.6 Å². The Hall–Kier alpha value is -1.86. The molecule has 6 nitrogen and oxygen atoms in total. The molecule has 1 atom stereocenters. The summed E-state index contributed by atoms with van der Waals surface area (Å²) in [7, 11) is 0. The number of nitrogens with zero attached hydrogens (tertiary/aromatic N) is 2. The van der Waals surface area contributed by atoms with Crippen LogP contribution in [0.4, 0.5) is 4.79 Å². The van der Waals surface area contributed by atoms with E-state index in [1.54, 1.807) is 13.1 Å². The first-order valence-corrected chi connectivity index (χ1v) is 8.63. The van der Waals surface area contributed by atoms with Gasteiger partial charge >= 0.3 is 6.03 Å². The van der Waals surface area contributed by atoms with Crippen molar-refractivity contribution in [2.45, 2.75) is 38.8 Å². The van der Waals surface area contributed by atoms with Crippen molar-refractivity contribution in [3.8, 4) is 0 Å². The third kappa shape index (κ3) is 5.37. The number of amides is 2. The molecule has 2 amide bonds. The number of carbonyl (C=O) groups is 1. The summed E-state index contributed by atoms with van der Waals surface area (Å²) in [6, 6.07) is 3.50. The van der Waals surface area contributed by atoms with Crippen molar-refractivity contribution in [2.75, 3.05) is 13.1 Å². The van der Waals surface area contributed by atoms with Crippen LogP contribution in [0.25, 0.3) is 0 Å². The molecule has 1 unspecified atom stereocenters. The molecule has 23 heavy (non-hydrogen) atoms. The third-order valence-electron chi connectivity index (χ3n) is 3.68. The largest absolute Gasteiger partial charge is 0.383 e. The van der Waals surface area contributed by atoms with Crippen LogP contribution >= 0.6 is 11.3 Å². The van der Waals surface area contributed by atoms with E-state index in [9.17, 15) is 9.90 Å². The van der Waals surface area contributed by atoms with Gasteiger partial charge in [0, 0.05) is 30.4 Å². The average molecular weight is 336 g/mol. The van der Waals surface area contributed by atoms with Gasteiger partial charge in [-0.2, -0.15) is 0 Å². The Labute approximate surface area is 140 Å². The second-order valence-corrected chi connectivity index (χ2v) is 6.68. The normalized spacial score (nSPS) is 13.5. The molecule has 7 heteroatoms. The van der Waals surface area contributed by atoms with Gasteiger partial charge in [0.2, 0.25) is 0 Å². The number of unbranched alkanes of at least 4 members (excludes halogenated alkanes) is 1. The fourth-order valence-electron chi connectivity index (χ4n) is 2.24. The summed E-state index contributed by atoms with van der Waals surface area (Å²) in [4.78, 5) is 16.8. The van der Waals surface area contributed by atoms with Gasteiger partial charge in [0.25, 0.3) is 0 Å². The van der Waals surface area contributed by atoms with Gasteiger partial charge in [-0.3, -0.25) is 0 Å². The Morgan fingerprint density at radius 1 is 1.43 bits per heavy atom. The maximum Gasteiger partial charge on any atom is 0.314 e. The van der Waals surface area contributed by atoms with E-state index in [0.29, 0.717) is 6.54 Å². The van der Waals surface area contributed by atoms with Crippen molar-refractivity contribution in [2.24, 2.45) is 0 Å². The molecule has 0 aliphatic rings. The molecule has 0 fully saturated rings. The minimum absolute atomic E-state index is 0.188. The van der Waals surface area contributed by atoms with E-state index in [1.165, 1.54) is 11.3 Å². The zero-order chi connectivity index (χ0) is 16.7. The van der Waals surface area contributed by atoms with E-state index >= 15 is 0 Å². The number of hydrogen-bond acceptors (Lipinski definition) is 4. The van der Waals surface area contributed by atoms with Crippen LogP contribution in [-0.2, 0) is 12.1 Å². The van der Waals surface area contributed by atoms with Gasteiger partial charge in [0.05, 0.1) is 6.54 Å². The van der Waals surface area contributed by atoms with Gasteiger partial charge in [0.1, 0.15) is 11.4 Å². The lowest BCUT2D eigenvalue weighted by atomic mass is 10.1. The number of aliphatic hydroxyl groups is 1. The van der Waals surface area contributed by atoms with Crippen LogP contribution in [0, 0.1) is 6.92 Å². The van der Waals surface area contributed by atoms with Gasteiger partial charge in [-0.25, -0.2) is 9.78 Å². The van der Waals surface area contributed by atoms with Crippen LogP contribution in [0.15, 0.2) is 29.9 Å². The first-order valence-electron chi connectivity index (χ1n) is 7.75. The highest BCUT2D eigenvalue weighted by molar-refractivity contribution is 7.10. The van der Waals surface area contributed by atoms with Gasteiger partial charge < -0.3 is 20.3 Å². The maximum atomic E-state index is 11.8. The quantitative estimate of drug-likeness (QED) is 0.647. The molecule has 2 heterocycles. The van der Waals surface area contributed by atoms with Crippen molar-refractivity contribution in [1.82, 2.24) is 20.2 Å². The zero-order valence-electron chi connectivity index (χ0n) is 13.6. The average Bonchev–Trinajstić information content (AvgIpc) is 3.17. The monoisotopic (exact) mass is 336 g/mol. The number of aromatic nitrogens is 2. The predicted octanol–water partition coefficient (Wildman–Crippen LogP) is 2.24. The molecular formula is C16H24N4O2S. The lowest BCUT2D eigenvalue weighted by Gasteiger charge is -2.22. The Kier molecular flexibility index (Phi) is 6.18. The molecule has 0 bridgehead atoms. The molecule has 3 N–H and O–H groups in total. The highest BCUT2D eigenvalue weighted by atomic mass is 32.1. The third-order valence-corrected chi connectivity index (χ3v) is 4.80. The Bertz CT molecular complexity index is 607. The molecule has 0 saturated heterocycles. The standard InChI is InChI=1S/C16H24N4O2S/c1-13-17-8-10-20(13)9-4-3-7-18-15(21)19-12-16(2,22)14-6-5-11-23-14/h5-6,8,10-11,22H,3-4,7,9,12H2,1-2H3,(H2,18,19,21). The summed E-state index contributed by atoms with van der Waals surface area (Å²) < 4.78 is 2.10. The maximum absolute atomic E-state index is 11.8. The van der Waals surface area contributed by atoms with Crippen LogP contribution in [-0.4, -0.2) is 33.8 Å². The smallest absolute Gasteiger partial charge is 0.314 e. The van der Waals surface area contributed by atoms with Crippen LogP contribution in [0.2, 0.25) is 0 Å². The van der Waals surface area contributed by atoms with E-state index in [-0.39, 0.29) is 12.6 Å². The molecule has 0 aliphatic carbocycles. The highest BCUT2D eigenvalue weighted by Crippen LogP contribution is 2.24. The van der Waals surface area contributed by atoms with E-state index in [4.69, 9.17) is 0 Å². The summed E-state index contributed by atoms with van der Waals surface area (Å²) in [5, 5.41) is 17.8. The van der Waals surface area contributed by atoms with E-state index in [2.05, 4.69) is 20.2 Å². The predicted molar refractivity (Wildman–Crippen MR) is 91.5 cm³/mol. The summed E-state index contributed by atoms with van der Waals surface area (Å²) in [6.45, 7) is 5.38. The summed E-state index contributed by atoms with van der Waals surface area (Å²) >= 11 is 1.48. The summed E-state index contributed by atoms with van der Waals surface area (Å²) in [5.74, 6) is 1.01. The molecular weight excluding hydrogens is 312 g/mol. The lowest BCUT2D eigenvalue weighted by Crippen LogP contribution is -2.43. The summed E-state index contributed by atoms with van der Waals surface area (Å²) in [5.41, 5.74) is -1.04. The molecule has 0 aliphatic heterocycles. The lowest BCUT2D eigenvalue weighted by molar-refractivity contribution is 0.0631. The fraction of sp³-hybridized carbons (Fsp3) is 0.500. The molecule has 0 aromatic carbocycles. The van der Waals surface area contributed by atoms with E-state index in [0.717, 1.165) is 30.1 Å². The van der Waals surface area contributed by atoms with Gasteiger partial charge in [0.15, 0.2) is 0 Å². The van der Waals surface area contributed by atoms with Crippen molar-refractivity contribution >= 4 is 17.4 Å². The molecule has 126 valence electrons. The van der Waals surface area contributed by atoms with Crippen molar-refractivity contribution in [3.05, 3.63) is 40.6 Å². The van der Waals surface area contributed by atoms with Crippen molar-refractivity contribution in [3.63, 3.8) is 0 Å². The van der Waals surface area contributed by atoms with Crippen LogP contribution in [0.5, 0.6) is 0 Å². The Balaban J connectivity index is 1.59. The summed E-state index contributed by atoms with van der Waals surface area (Å²) in [6.07, 6.45) is 5.62. The second-order valence-electron chi connectivity index (χ2n) is 5.74. The van der Waals surface area contributed by atoms with Crippen LogP contribution in [0.1, 0.15) is 30.5 Å². The minimum atomic E-state index is -1.04. The number of imidazole rings is 1. The topological polar surface area (TPSA) is 79.2 Å². The van der Waals surface area contributed by atoms with Gasteiger partial charge in [-0.1, -0.05) is 6.07 Å². The molecule has 2 aromatic rings. The Morgan fingerprint density at radius 2 is 2.26 bits per heavy atom. The van der Waals surface area contributed by atoms with E-state index < -0.39 is 5.60 Å². The molecule has 0 saturated carbocycles. The minimum Gasteiger partial charge on any atom is -0.383 e.